The van der Waals surface area contributed by atoms with Crippen molar-refractivity contribution in [3.05, 3.63) is 11.3 Å². The van der Waals surface area contributed by atoms with Gasteiger partial charge in [0.05, 0.1) is 0 Å². The zero-order valence-corrected chi connectivity index (χ0v) is 8.42. The summed E-state index contributed by atoms with van der Waals surface area (Å²) < 4.78 is 0. The third-order valence-electron chi connectivity index (χ3n) is 2.51. The second kappa shape index (κ2) is 4.66. The fraction of sp³-hybridized carbons (Fsp3) is 0.600. The van der Waals surface area contributed by atoms with Gasteiger partial charge < -0.3 is 10.6 Å². The van der Waals surface area contributed by atoms with Gasteiger partial charge in [0.15, 0.2) is 0 Å². The smallest absolute Gasteiger partial charge is 0.261 e. The molecule has 2 N–H and O–H groups in total. The van der Waals surface area contributed by atoms with E-state index in [0.29, 0.717) is 0 Å². The van der Waals surface area contributed by atoms with E-state index in [2.05, 4.69) is 0 Å². The molecule has 1 saturated heterocycles. The van der Waals surface area contributed by atoms with Crippen LogP contribution < -0.4 is 5.73 Å². The first-order chi connectivity index (χ1) is 6.66. The first kappa shape index (κ1) is 10.6. The monoisotopic (exact) mass is 193 g/mol. The number of amides is 1. The molecule has 0 atom stereocenters. The highest BCUT2D eigenvalue weighted by molar-refractivity contribution is 5.96. The molecule has 14 heavy (non-hydrogen) atoms. The molecular formula is C10H15N3O. The summed E-state index contributed by atoms with van der Waals surface area (Å²) >= 11 is 0. The van der Waals surface area contributed by atoms with E-state index in [9.17, 15) is 4.79 Å². The highest BCUT2D eigenvalue weighted by Gasteiger charge is 2.17. The van der Waals surface area contributed by atoms with E-state index in [-0.39, 0.29) is 5.57 Å². The van der Waals surface area contributed by atoms with Crippen LogP contribution in [0, 0.1) is 11.3 Å². The van der Waals surface area contributed by atoms with E-state index in [1.54, 1.807) is 0 Å². The van der Waals surface area contributed by atoms with E-state index in [4.69, 9.17) is 11.0 Å². The van der Waals surface area contributed by atoms with Gasteiger partial charge in [-0.25, -0.2) is 0 Å². The van der Waals surface area contributed by atoms with Gasteiger partial charge in [-0.3, -0.25) is 4.79 Å². The zero-order chi connectivity index (χ0) is 10.6. The number of allylic oxidation sites excluding steroid dienone is 1. The molecule has 1 rings (SSSR count). The molecule has 1 heterocycles. The Morgan fingerprint density at radius 2 is 2.21 bits per heavy atom. The summed E-state index contributed by atoms with van der Waals surface area (Å²) in [6.45, 7) is 0.897. The summed E-state index contributed by atoms with van der Waals surface area (Å²) in [6, 6.07) is 1.89. The minimum Gasteiger partial charge on any atom is -0.377 e. The van der Waals surface area contributed by atoms with Gasteiger partial charge in [0.2, 0.25) is 0 Å². The molecule has 0 radical (unpaired) electrons. The predicted octanol–water partition coefficient (Wildman–Crippen LogP) is 0.755. The van der Waals surface area contributed by atoms with Crippen molar-refractivity contribution >= 4 is 5.91 Å². The second-order valence-corrected chi connectivity index (χ2v) is 3.53. The van der Waals surface area contributed by atoms with Crippen LogP contribution in [0.1, 0.15) is 25.7 Å². The number of hydrogen-bond donors (Lipinski definition) is 1. The van der Waals surface area contributed by atoms with Crippen LogP contribution >= 0.6 is 0 Å². The predicted molar refractivity (Wildman–Crippen MR) is 52.9 cm³/mol. The van der Waals surface area contributed by atoms with Gasteiger partial charge in [-0.05, 0) is 19.3 Å². The van der Waals surface area contributed by atoms with E-state index in [1.165, 1.54) is 0 Å². The summed E-state index contributed by atoms with van der Waals surface area (Å²) in [4.78, 5) is 13.0. The van der Waals surface area contributed by atoms with E-state index >= 15 is 0 Å². The Balaban J connectivity index is 3.00. The molecule has 1 fully saturated rings. The fourth-order valence-corrected chi connectivity index (χ4v) is 1.72. The van der Waals surface area contributed by atoms with Crippen molar-refractivity contribution in [3.63, 3.8) is 0 Å². The standard InChI is InChI=1S/C10H15N3O/c1-13-6-4-2-3-5-9(13)8(7-11)10(12)14/h2-6H2,1H3,(H2,12,14)/b9-8-. The molecule has 1 aliphatic rings. The third-order valence-corrected chi connectivity index (χ3v) is 2.51. The molecule has 4 nitrogen and oxygen atoms in total. The number of hydrogen-bond acceptors (Lipinski definition) is 3. The van der Waals surface area contributed by atoms with Gasteiger partial charge in [0.25, 0.3) is 5.91 Å². The van der Waals surface area contributed by atoms with Crippen LogP contribution in [0.3, 0.4) is 0 Å². The lowest BCUT2D eigenvalue weighted by molar-refractivity contribution is -0.114. The molecule has 4 heteroatoms. The van der Waals surface area contributed by atoms with Gasteiger partial charge in [-0.15, -0.1) is 0 Å². The SMILES string of the molecule is CN1CCCCC/C1=C(\C#N)C(N)=O. The van der Waals surface area contributed by atoms with Crippen molar-refractivity contribution in [3.8, 4) is 6.07 Å². The van der Waals surface area contributed by atoms with Crippen molar-refractivity contribution in [2.45, 2.75) is 25.7 Å². The summed E-state index contributed by atoms with van der Waals surface area (Å²) in [5.41, 5.74) is 6.07. The number of likely N-dealkylation sites (tertiary alicyclic amines) is 1. The van der Waals surface area contributed by atoms with E-state index in [0.717, 1.165) is 37.9 Å². The Labute approximate surface area is 84.0 Å². The fourth-order valence-electron chi connectivity index (χ4n) is 1.72. The van der Waals surface area contributed by atoms with Crippen LogP contribution in [0.5, 0.6) is 0 Å². The number of carbonyl (C=O) groups excluding carboxylic acids is 1. The van der Waals surface area contributed by atoms with Crippen molar-refractivity contribution in [2.75, 3.05) is 13.6 Å². The number of rotatable bonds is 1. The Bertz CT molecular complexity index is 301. The molecule has 0 aromatic carbocycles. The number of nitriles is 1. The lowest BCUT2D eigenvalue weighted by Gasteiger charge is -2.20. The minimum atomic E-state index is -0.615. The maximum atomic E-state index is 11.0. The Kier molecular flexibility index (Phi) is 3.52. The number of carbonyl (C=O) groups is 1. The van der Waals surface area contributed by atoms with Gasteiger partial charge in [0, 0.05) is 19.3 Å². The van der Waals surface area contributed by atoms with Crippen molar-refractivity contribution < 1.29 is 4.79 Å². The number of nitrogens with zero attached hydrogens (tertiary/aromatic N) is 2. The van der Waals surface area contributed by atoms with Crippen LogP contribution in [-0.2, 0) is 4.79 Å². The van der Waals surface area contributed by atoms with Crippen LogP contribution in [0.25, 0.3) is 0 Å². The highest BCUT2D eigenvalue weighted by Crippen LogP contribution is 2.21. The largest absolute Gasteiger partial charge is 0.377 e. The van der Waals surface area contributed by atoms with Crippen LogP contribution in [0.4, 0.5) is 0 Å². The summed E-state index contributed by atoms with van der Waals surface area (Å²) in [5, 5.41) is 8.82. The van der Waals surface area contributed by atoms with Crippen LogP contribution in [0.2, 0.25) is 0 Å². The molecule has 76 valence electrons. The molecule has 0 unspecified atom stereocenters. The summed E-state index contributed by atoms with van der Waals surface area (Å²) in [5.74, 6) is -0.615. The molecule has 0 aromatic heterocycles. The maximum absolute atomic E-state index is 11.0. The van der Waals surface area contributed by atoms with E-state index < -0.39 is 5.91 Å². The lowest BCUT2D eigenvalue weighted by atomic mass is 10.1. The van der Waals surface area contributed by atoms with Crippen molar-refractivity contribution in [2.24, 2.45) is 5.73 Å². The van der Waals surface area contributed by atoms with Crippen LogP contribution in [-0.4, -0.2) is 24.4 Å². The average Bonchev–Trinajstić information content (AvgIpc) is 2.33. The number of nitrogens with two attached hydrogens (primary N) is 1. The minimum absolute atomic E-state index is 0.120. The van der Waals surface area contributed by atoms with Gasteiger partial charge in [-0.1, -0.05) is 6.42 Å². The normalized spacial score (nSPS) is 21.0. The molecule has 0 aromatic rings. The zero-order valence-electron chi connectivity index (χ0n) is 8.42. The molecule has 1 amide bonds. The highest BCUT2D eigenvalue weighted by atomic mass is 16.1. The topological polar surface area (TPSA) is 70.1 Å². The Morgan fingerprint density at radius 3 is 2.79 bits per heavy atom. The molecule has 0 bridgehead atoms. The summed E-state index contributed by atoms with van der Waals surface area (Å²) in [7, 11) is 1.90. The van der Waals surface area contributed by atoms with Crippen molar-refractivity contribution in [1.82, 2.24) is 4.90 Å². The first-order valence-electron chi connectivity index (χ1n) is 4.81. The lowest BCUT2D eigenvalue weighted by Crippen LogP contribution is -2.23. The average molecular weight is 193 g/mol. The number of primary amides is 1. The first-order valence-corrected chi connectivity index (χ1v) is 4.81. The molecule has 0 spiro atoms. The quantitative estimate of drug-likeness (QED) is 0.493. The van der Waals surface area contributed by atoms with Gasteiger partial charge in [-0.2, -0.15) is 5.26 Å². The molecule has 1 aliphatic heterocycles. The van der Waals surface area contributed by atoms with Crippen LogP contribution in [0.15, 0.2) is 11.3 Å². The maximum Gasteiger partial charge on any atom is 0.261 e. The molecular weight excluding hydrogens is 178 g/mol. The third kappa shape index (κ3) is 2.25. The second-order valence-electron chi connectivity index (χ2n) is 3.53. The Morgan fingerprint density at radius 1 is 1.50 bits per heavy atom. The van der Waals surface area contributed by atoms with Crippen molar-refractivity contribution in [1.29, 1.82) is 5.26 Å². The summed E-state index contributed by atoms with van der Waals surface area (Å²) in [6.07, 6.45) is 4.06. The Hall–Kier alpha value is -1.50. The molecule has 0 aliphatic carbocycles. The van der Waals surface area contributed by atoms with Gasteiger partial charge >= 0.3 is 0 Å². The molecule has 0 saturated carbocycles. The van der Waals surface area contributed by atoms with E-state index in [1.807, 2.05) is 18.0 Å². The van der Waals surface area contributed by atoms with Gasteiger partial charge in [0.1, 0.15) is 11.6 Å².